The van der Waals surface area contributed by atoms with Crippen LogP contribution in [0.2, 0.25) is 0 Å². The molecule has 1 fully saturated rings. The summed E-state index contributed by atoms with van der Waals surface area (Å²) in [6.07, 6.45) is 3.32. The number of carbonyl (C=O) groups excluding carboxylic acids is 1. The van der Waals surface area contributed by atoms with Crippen molar-refractivity contribution < 1.29 is 18.3 Å². The molecule has 0 aromatic carbocycles. The lowest BCUT2D eigenvalue weighted by atomic mass is 10.1. The van der Waals surface area contributed by atoms with Gasteiger partial charge in [-0.25, -0.2) is 13.1 Å². The number of hydrogen-bond donors (Lipinski definition) is 3. The second-order valence-electron chi connectivity index (χ2n) is 5.15. The molecule has 2 rings (SSSR count). The molecule has 0 radical (unpaired) electrons. The van der Waals surface area contributed by atoms with Gasteiger partial charge in [0.25, 0.3) is 5.91 Å². The second kappa shape index (κ2) is 5.55. The summed E-state index contributed by atoms with van der Waals surface area (Å²) in [5.41, 5.74) is 5.29. The Labute approximate surface area is 117 Å². The zero-order valence-electron chi connectivity index (χ0n) is 11.2. The monoisotopic (exact) mass is 301 g/mol. The summed E-state index contributed by atoms with van der Waals surface area (Å²) in [4.78, 5) is 11.1. The summed E-state index contributed by atoms with van der Waals surface area (Å²) in [5.74, 6) is -0.732. The van der Waals surface area contributed by atoms with Crippen molar-refractivity contribution in [2.75, 3.05) is 6.54 Å². The van der Waals surface area contributed by atoms with E-state index in [9.17, 15) is 18.3 Å². The Morgan fingerprint density at radius 1 is 1.55 bits per heavy atom. The van der Waals surface area contributed by atoms with E-state index >= 15 is 0 Å². The van der Waals surface area contributed by atoms with Gasteiger partial charge in [0, 0.05) is 19.8 Å². The van der Waals surface area contributed by atoms with Crippen molar-refractivity contribution in [2.45, 2.75) is 30.3 Å². The number of amides is 1. The maximum atomic E-state index is 12.1. The highest BCUT2D eigenvalue weighted by Crippen LogP contribution is 2.25. The van der Waals surface area contributed by atoms with Crippen LogP contribution in [-0.4, -0.2) is 36.6 Å². The highest BCUT2D eigenvalue weighted by molar-refractivity contribution is 7.89. The van der Waals surface area contributed by atoms with E-state index in [4.69, 9.17) is 5.73 Å². The predicted octanol–water partition coefficient (Wildman–Crippen LogP) is -0.437. The number of sulfonamides is 1. The van der Waals surface area contributed by atoms with Crippen LogP contribution in [0.5, 0.6) is 0 Å². The molecule has 4 N–H and O–H groups in total. The van der Waals surface area contributed by atoms with Crippen LogP contribution in [0.15, 0.2) is 17.2 Å². The number of carbonyl (C=O) groups is 1. The number of nitrogens with two attached hydrogens (primary N) is 1. The van der Waals surface area contributed by atoms with Crippen LogP contribution in [-0.2, 0) is 17.1 Å². The van der Waals surface area contributed by atoms with Gasteiger partial charge in [0.2, 0.25) is 10.0 Å². The van der Waals surface area contributed by atoms with Crippen LogP contribution in [0.4, 0.5) is 0 Å². The fourth-order valence-corrected chi connectivity index (χ4v) is 3.65. The van der Waals surface area contributed by atoms with Crippen molar-refractivity contribution in [1.82, 2.24) is 9.29 Å². The molecule has 112 valence electrons. The first kappa shape index (κ1) is 15.0. The Bertz CT molecular complexity index is 608. The van der Waals surface area contributed by atoms with Crippen LogP contribution in [0.3, 0.4) is 0 Å². The fraction of sp³-hybridized carbons (Fsp3) is 0.583. The van der Waals surface area contributed by atoms with E-state index in [-0.39, 0.29) is 23.1 Å². The third-order valence-corrected chi connectivity index (χ3v) is 5.09. The van der Waals surface area contributed by atoms with Crippen molar-refractivity contribution in [2.24, 2.45) is 18.7 Å². The zero-order chi connectivity index (χ0) is 14.9. The summed E-state index contributed by atoms with van der Waals surface area (Å²) >= 11 is 0. The van der Waals surface area contributed by atoms with E-state index in [0.717, 1.165) is 12.8 Å². The normalized spacial score (nSPS) is 23.1. The van der Waals surface area contributed by atoms with Crippen LogP contribution in [0, 0.1) is 5.92 Å². The average Bonchev–Trinajstić information content (AvgIpc) is 2.93. The molecule has 0 spiro atoms. The number of aliphatic hydroxyl groups excluding tert-OH is 1. The van der Waals surface area contributed by atoms with E-state index < -0.39 is 22.0 Å². The van der Waals surface area contributed by atoms with E-state index in [2.05, 4.69) is 4.72 Å². The van der Waals surface area contributed by atoms with Crippen LogP contribution in [0.1, 0.15) is 29.8 Å². The molecule has 1 aromatic heterocycles. The molecule has 8 heteroatoms. The highest BCUT2D eigenvalue weighted by atomic mass is 32.2. The fourth-order valence-electron chi connectivity index (χ4n) is 2.48. The summed E-state index contributed by atoms with van der Waals surface area (Å²) in [6, 6.07) is 1.25. The number of hydrogen-bond acceptors (Lipinski definition) is 4. The van der Waals surface area contributed by atoms with E-state index in [0.29, 0.717) is 6.42 Å². The van der Waals surface area contributed by atoms with Crippen LogP contribution < -0.4 is 10.5 Å². The van der Waals surface area contributed by atoms with Crippen molar-refractivity contribution >= 4 is 15.9 Å². The Balaban J connectivity index is 2.10. The molecule has 1 amide bonds. The predicted molar refractivity (Wildman–Crippen MR) is 72.5 cm³/mol. The third kappa shape index (κ3) is 3.02. The first-order valence-electron chi connectivity index (χ1n) is 6.45. The van der Waals surface area contributed by atoms with Gasteiger partial charge in [-0.15, -0.1) is 0 Å². The lowest BCUT2D eigenvalue weighted by Crippen LogP contribution is -2.32. The molecule has 0 aliphatic heterocycles. The molecule has 20 heavy (non-hydrogen) atoms. The first-order chi connectivity index (χ1) is 9.31. The minimum absolute atomic E-state index is 0.00119. The van der Waals surface area contributed by atoms with Crippen molar-refractivity contribution in [3.8, 4) is 0 Å². The largest absolute Gasteiger partial charge is 0.393 e. The Morgan fingerprint density at radius 2 is 2.25 bits per heavy atom. The van der Waals surface area contributed by atoms with Gasteiger partial charge < -0.3 is 15.4 Å². The lowest BCUT2D eigenvalue weighted by Gasteiger charge is -2.14. The SMILES string of the molecule is Cn1cc(S(=O)(=O)NCC2CCCC2O)cc1C(N)=O. The molecule has 2 unspecified atom stereocenters. The van der Waals surface area contributed by atoms with E-state index in [1.165, 1.54) is 16.8 Å². The number of nitrogens with zero attached hydrogens (tertiary/aromatic N) is 1. The topological polar surface area (TPSA) is 114 Å². The quantitative estimate of drug-likeness (QED) is 0.684. The van der Waals surface area contributed by atoms with Crippen molar-refractivity contribution in [1.29, 1.82) is 0 Å². The molecule has 1 aromatic rings. The number of aryl methyl sites for hydroxylation is 1. The Hall–Kier alpha value is -1.38. The van der Waals surface area contributed by atoms with Gasteiger partial charge >= 0.3 is 0 Å². The molecule has 2 atom stereocenters. The summed E-state index contributed by atoms with van der Waals surface area (Å²) in [6.45, 7) is 0.199. The van der Waals surface area contributed by atoms with Gasteiger partial charge in [-0.3, -0.25) is 4.79 Å². The number of aliphatic hydroxyl groups is 1. The average molecular weight is 301 g/mol. The standard InChI is InChI=1S/C12H19N3O4S/c1-15-7-9(5-10(15)12(13)17)20(18,19)14-6-8-3-2-4-11(8)16/h5,7-8,11,14,16H,2-4,6H2,1H3,(H2,13,17). The Morgan fingerprint density at radius 3 is 2.75 bits per heavy atom. The minimum atomic E-state index is -3.70. The molecule has 1 aliphatic carbocycles. The summed E-state index contributed by atoms with van der Waals surface area (Å²) in [5, 5.41) is 9.68. The smallest absolute Gasteiger partial charge is 0.265 e. The van der Waals surface area contributed by atoms with Crippen LogP contribution >= 0.6 is 0 Å². The number of aromatic nitrogens is 1. The third-order valence-electron chi connectivity index (χ3n) is 3.70. The maximum absolute atomic E-state index is 12.1. The Kier molecular flexibility index (Phi) is 4.17. The van der Waals surface area contributed by atoms with Gasteiger partial charge in [0.05, 0.1) is 6.10 Å². The highest BCUT2D eigenvalue weighted by Gasteiger charge is 2.27. The molecular weight excluding hydrogens is 282 g/mol. The minimum Gasteiger partial charge on any atom is -0.393 e. The zero-order valence-corrected chi connectivity index (χ0v) is 12.1. The summed E-state index contributed by atoms with van der Waals surface area (Å²) < 4.78 is 28.1. The van der Waals surface area contributed by atoms with Gasteiger partial charge in [-0.2, -0.15) is 0 Å². The molecule has 1 aliphatic rings. The molecule has 1 heterocycles. The molecule has 7 nitrogen and oxygen atoms in total. The molecule has 1 saturated carbocycles. The van der Waals surface area contributed by atoms with Gasteiger partial charge in [-0.1, -0.05) is 6.42 Å². The number of nitrogens with one attached hydrogen (secondary N) is 1. The molecule has 0 saturated heterocycles. The second-order valence-corrected chi connectivity index (χ2v) is 6.91. The van der Waals surface area contributed by atoms with Gasteiger partial charge in [0.1, 0.15) is 10.6 Å². The van der Waals surface area contributed by atoms with E-state index in [1.807, 2.05) is 0 Å². The maximum Gasteiger partial charge on any atom is 0.265 e. The van der Waals surface area contributed by atoms with E-state index in [1.54, 1.807) is 7.05 Å². The van der Waals surface area contributed by atoms with Crippen molar-refractivity contribution in [3.63, 3.8) is 0 Å². The van der Waals surface area contributed by atoms with Gasteiger partial charge in [-0.05, 0) is 24.8 Å². The molecular formula is C12H19N3O4S. The van der Waals surface area contributed by atoms with Gasteiger partial charge in [0.15, 0.2) is 0 Å². The number of rotatable bonds is 5. The first-order valence-corrected chi connectivity index (χ1v) is 7.93. The lowest BCUT2D eigenvalue weighted by molar-refractivity contribution is 0.0992. The number of primary amides is 1. The summed E-state index contributed by atoms with van der Waals surface area (Å²) in [7, 11) is -2.14. The van der Waals surface area contributed by atoms with Crippen molar-refractivity contribution in [3.05, 3.63) is 18.0 Å². The van der Waals surface area contributed by atoms with Crippen LogP contribution in [0.25, 0.3) is 0 Å². The molecule has 0 bridgehead atoms.